The number of nitrogens with zero attached hydrogens (tertiary/aromatic N) is 1. The Balaban J connectivity index is 1.75. The highest BCUT2D eigenvalue weighted by atomic mass is 32.2. The van der Waals surface area contributed by atoms with Crippen LogP contribution in [-0.2, 0) is 10.0 Å². The summed E-state index contributed by atoms with van der Waals surface area (Å²) < 4.78 is 33.1. The fourth-order valence-corrected chi connectivity index (χ4v) is 5.08. The van der Waals surface area contributed by atoms with E-state index >= 15 is 0 Å². The summed E-state index contributed by atoms with van der Waals surface area (Å²) >= 11 is 0. The molecule has 5 aromatic rings. The van der Waals surface area contributed by atoms with Gasteiger partial charge in [0.1, 0.15) is 5.75 Å². The van der Waals surface area contributed by atoms with Crippen molar-refractivity contribution in [2.45, 2.75) is 6.92 Å². The van der Waals surface area contributed by atoms with Gasteiger partial charge in [0.2, 0.25) is 10.0 Å². The van der Waals surface area contributed by atoms with Gasteiger partial charge in [0.05, 0.1) is 19.1 Å². The zero-order valence-electron chi connectivity index (χ0n) is 21.0. The van der Waals surface area contributed by atoms with Crippen molar-refractivity contribution in [3.63, 3.8) is 0 Å². The molecule has 0 fully saturated rings. The van der Waals surface area contributed by atoms with Crippen molar-refractivity contribution in [1.29, 1.82) is 0 Å². The number of benzene rings is 4. The lowest BCUT2D eigenvalue weighted by Gasteiger charge is -2.18. The maximum atomic E-state index is 12.7. The number of ether oxygens (including phenoxy) is 1. The van der Waals surface area contributed by atoms with Gasteiger partial charge in [-0.1, -0.05) is 48.0 Å². The Morgan fingerprint density at radius 1 is 0.842 bits per heavy atom. The third-order valence-electron chi connectivity index (χ3n) is 6.16. The predicted octanol–water partition coefficient (Wildman–Crippen LogP) is 4.70. The summed E-state index contributed by atoms with van der Waals surface area (Å²) in [6.45, 7) is 2.00. The number of H-pyrrole nitrogens is 1. The molecule has 4 aromatic carbocycles. The number of aromatic nitrogens is 2. The van der Waals surface area contributed by atoms with Gasteiger partial charge in [-0.2, -0.15) is 0 Å². The monoisotopic (exact) mass is 527 g/mol. The molecule has 1 aromatic heterocycles. The number of fused-ring (bicyclic) bond motifs is 1. The first-order valence-corrected chi connectivity index (χ1v) is 13.6. The predicted molar refractivity (Wildman–Crippen MR) is 151 cm³/mol. The first-order chi connectivity index (χ1) is 18.1. The molecule has 0 atom stereocenters. The van der Waals surface area contributed by atoms with Crippen LogP contribution in [0.2, 0.25) is 0 Å². The van der Waals surface area contributed by atoms with E-state index in [9.17, 15) is 18.0 Å². The summed E-state index contributed by atoms with van der Waals surface area (Å²) in [5.41, 5.74) is 4.38. The highest BCUT2D eigenvalue weighted by Gasteiger charge is 2.17. The fraction of sp³-hybridized carbons (Fsp3) is 0.103. The van der Waals surface area contributed by atoms with Gasteiger partial charge >= 0.3 is 5.69 Å². The van der Waals surface area contributed by atoms with Crippen molar-refractivity contribution >= 4 is 26.5 Å². The molecule has 0 amide bonds. The fourth-order valence-electron chi connectivity index (χ4n) is 4.53. The van der Waals surface area contributed by atoms with Crippen LogP contribution in [0.3, 0.4) is 0 Å². The van der Waals surface area contributed by atoms with Gasteiger partial charge in [-0.15, -0.1) is 0 Å². The normalized spacial score (nSPS) is 11.4. The van der Waals surface area contributed by atoms with Gasteiger partial charge in [0.15, 0.2) is 0 Å². The van der Waals surface area contributed by atoms with Crippen LogP contribution in [0.15, 0.2) is 94.6 Å². The van der Waals surface area contributed by atoms with Crippen molar-refractivity contribution in [2.24, 2.45) is 0 Å². The van der Waals surface area contributed by atoms with Crippen LogP contribution < -0.4 is 20.7 Å². The zero-order chi connectivity index (χ0) is 27.0. The van der Waals surface area contributed by atoms with Crippen molar-refractivity contribution in [3.05, 3.63) is 111 Å². The Kier molecular flexibility index (Phi) is 6.38. The van der Waals surface area contributed by atoms with E-state index in [0.717, 1.165) is 44.8 Å². The zero-order valence-corrected chi connectivity index (χ0v) is 21.8. The number of hydrogen-bond donors (Lipinski definition) is 2. The summed E-state index contributed by atoms with van der Waals surface area (Å²) in [5.74, 6) is 0.631. The summed E-state index contributed by atoms with van der Waals surface area (Å²) in [5, 5.41) is 1.75. The molecule has 0 saturated heterocycles. The molecule has 8 nitrogen and oxygen atoms in total. The maximum Gasteiger partial charge on any atom is 0.332 e. The quantitative estimate of drug-likeness (QED) is 0.333. The molecule has 0 aliphatic carbocycles. The van der Waals surface area contributed by atoms with Crippen molar-refractivity contribution in [3.8, 4) is 33.7 Å². The number of methoxy groups -OCH3 is 1. The first-order valence-electron chi connectivity index (χ1n) is 11.7. The molecule has 192 valence electrons. The molecule has 38 heavy (non-hydrogen) atoms. The molecule has 9 heteroatoms. The molecule has 0 spiro atoms. The number of rotatable bonds is 6. The third kappa shape index (κ3) is 5.09. The Morgan fingerprint density at radius 3 is 2.18 bits per heavy atom. The van der Waals surface area contributed by atoms with Crippen LogP contribution in [0.4, 0.5) is 5.69 Å². The number of nitrogens with one attached hydrogen (secondary N) is 2. The number of anilines is 1. The highest BCUT2D eigenvalue weighted by Crippen LogP contribution is 2.42. The van der Waals surface area contributed by atoms with E-state index in [1.165, 1.54) is 16.8 Å². The van der Waals surface area contributed by atoms with Crippen LogP contribution in [0.1, 0.15) is 5.56 Å². The van der Waals surface area contributed by atoms with Crippen LogP contribution in [0, 0.1) is 6.92 Å². The van der Waals surface area contributed by atoms with E-state index < -0.39 is 21.3 Å². The van der Waals surface area contributed by atoms with Gasteiger partial charge in [-0.25, -0.2) is 13.2 Å². The van der Waals surface area contributed by atoms with Gasteiger partial charge in [-0.3, -0.25) is 19.1 Å². The van der Waals surface area contributed by atoms with Crippen LogP contribution in [0.5, 0.6) is 5.75 Å². The highest BCUT2D eigenvalue weighted by molar-refractivity contribution is 7.92. The first kappa shape index (κ1) is 25.0. The van der Waals surface area contributed by atoms with E-state index in [0.29, 0.717) is 17.1 Å². The lowest BCUT2D eigenvalue weighted by Crippen LogP contribution is -2.27. The van der Waals surface area contributed by atoms with Crippen molar-refractivity contribution in [2.75, 3.05) is 18.1 Å². The lowest BCUT2D eigenvalue weighted by molar-refractivity contribution is 0.418. The van der Waals surface area contributed by atoms with E-state index in [4.69, 9.17) is 4.74 Å². The molecule has 0 aliphatic heterocycles. The van der Waals surface area contributed by atoms with Crippen molar-refractivity contribution < 1.29 is 13.2 Å². The van der Waals surface area contributed by atoms with E-state index in [1.54, 1.807) is 19.2 Å². The second-order valence-electron chi connectivity index (χ2n) is 9.07. The molecule has 0 aliphatic rings. The molecule has 0 radical (unpaired) electrons. The third-order valence-corrected chi connectivity index (χ3v) is 6.77. The maximum absolute atomic E-state index is 12.7. The molecule has 5 rings (SSSR count). The molecule has 0 unspecified atom stereocenters. The average Bonchev–Trinajstić information content (AvgIpc) is 2.86. The Bertz CT molecular complexity index is 1920. The molecular formula is C29H25N3O5S. The lowest BCUT2D eigenvalue weighted by atomic mass is 9.94. The topological polar surface area (TPSA) is 110 Å². The number of aryl methyl sites for hydroxylation is 1. The number of aromatic amines is 1. The van der Waals surface area contributed by atoms with Gasteiger partial charge in [0, 0.05) is 29.1 Å². The Labute approximate surface area is 219 Å². The van der Waals surface area contributed by atoms with E-state index in [-0.39, 0.29) is 0 Å². The molecule has 2 N–H and O–H groups in total. The van der Waals surface area contributed by atoms with Crippen LogP contribution in [0.25, 0.3) is 38.7 Å². The summed E-state index contributed by atoms with van der Waals surface area (Å²) in [4.78, 5) is 26.7. The second-order valence-corrected chi connectivity index (χ2v) is 10.8. The van der Waals surface area contributed by atoms with E-state index in [1.807, 2.05) is 67.6 Å². The van der Waals surface area contributed by atoms with Gasteiger partial charge in [0.25, 0.3) is 5.56 Å². The largest absolute Gasteiger partial charge is 0.495 e. The molecule has 0 bridgehead atoms. The Morgan fingerprint density at radius 2 is 1.53 bits per heavy atom. The average molecular weight is 528 g/mol. The van der Waals surface area contributed by atoms with Gasteiger partial charge < -0.3 is 4.74 Å². The second kappa shape index (κ2) is 9.68. The minimum Gasteiger partial charge on any atom is -0.495 e. The molecular weight excluding hydrogens is 502 g/mol. The van der Waals surface area contributed by atoms with Crippen LogP contribution in [-0.4, -0.2) is 31.3 Å². The number of sulfonamides is 1. The smallest absolute Gasteiger partial charge is 0.332 e. The van der Waals surface area contributed by atoms with Crippen molar-refractivity contribution in [1.82, 2.24) is 9.55 Å². The minimum absolute atomic E-state index is 0.474. The summed E-state index contributed by atoms with van der Waals surface area (Å²) in [6, 6.07) is 24.1. The van der Waals surface area contributed by atoms with Crippen LogP contribution >= 0.6 is 0 Å². The molecule has 0 saturated carbocycles. The van der Waals surface area contributed by atoms with E-state index in [2.05, 4.69) is 9.71 Å². The number of hydrogen-bond acceptors (Lipinski definition) is 5. The SMILES string of the molecule is COc1c(-c2cccc(C)c2)cc(-n2ccc(=O)[nH]c2=O)cc1-c1ccc2cc(NS(C)(=O)=O)ccc2c1. The Hall–Kier alpha value is -4.63. The molecule has 1 heterocycles. The standard InChI is InChI=1S/C29H25N3O5S/c1-18-5-4-6-21(13-18)25-16-24(32-12-11-27(33)30-29(32)34)17-26(28(25)37-2)22-8-7-20-15-23(31-38(3,35)36)10-9-19(20)14-22/h4-17,31H,1-3H3,(H,30,33,34). The van der Waals surface area contributed by atoms with Gasteiger partial charge in [-0.05, 0) is 59.2 Å². The minimum atomic E-state index is -3.39. The summed E-state index contributed by atoms with van der Waals surface area (Å²) in [6.07, 6.45) is 2.56. The summed E-state index contributed by atoms with van der Waals surface area (Å²) in [7, 11) is -1.79.